The van der Waals surface area contributed by atoms with E-state index in [-0.39, 0.29) is 18.4 Å². The molecule has 0 N–H and O–H groups in total. The number of likely N-dealkylation sites (tertiary alicyclic amines) is 1. The van der Waals surface area contributed by atoms with Crippen molar-refractivity contribution in [2.24, 2.45) is 5.92 Å². The quantitative estimate of drug-likeness (QED) is 0.475. The van der Waals surface area contributed by atoms with Gasteiger partial charge in [-0.25, -0.2) is 0 Å². The highest BCUT2D eigenvalue weighted by atomic mass is 35.5. The molecule has 0 saturated carbocycles. The van der Waals surface area contributed by atoms with E-state index in [1.807, 2.05) is 0 Å². The van der Waals surface area contributed by atoms with Gasteiger partial charge in [-0.1, -0.05) is 0 Å². The van der Waals surface area contributed by atoms with Gasteiger partial charge in [0.2, 0.25) is 0 Å². The molecule has 1 aliphatic heterocycles. The van der Waals surface area contributed by atoms with Crippen LogP contribution in [0.4, 0.5) is 0 Å². The van der Waals surface area contributed by atoms with Gasteiger partial charge in [0.15, 0.2) is 6.04 Å². The van der Waals surface area contributed by atoms with Crippen LogP contribution in [0.15, 0.2) is 11.8 Å². The first kappa shape index (κ1) is 11.6. The molecule has 0 spiro atoms. The topological polar surface area (TPSA) is 23.8 Å². The van der Waals surface area contributed by atoms with E-state index in [0.717, 1.165) is 10.9 Å². The molecule has 1 heterocycles. The van der Waals surface area contributed by atoms with Crippen molar-refractivity contribution in [3.05, 3.63) is 11.8 Å². The Balaban J connectivity index is 0.000000980. The van der Waals surface area contributed by atoms with Crippen LogP contribution in [0.25, 0.3) is 0 Å². The zero-order chi connectivity index (χ0) is 9.47. The third kappa shape index (κ3) is 1.55. The maximum absolute atomic E-state index is 9.06. The van der Waals surface area contributed by atoms with Crippen LogP contribution in [0, 0.1) is 17.2 Å². The Morgan fingerprint density at radius 1 is 1.50 bits per heavy atom. The van der Waals surface area contributed by atoms with Gasteiger partial charge >= 0.3 is 0 Å². The van der Waals surface area contributed by atoms with Crippen molar-refractivity contribution in [2.45, 2.75) is 31.7 Å². The van der Waals surface area contributed by atoms with Gasteiger partial charge in [-0.2, -0.15) is 5.26 Å². The molecule has 1 saturated heterocycles. The van der Waals surface area contributed by atoms with E-state index in [4.69, 9.17) is 5.26 Å². The maximum Gasteiger partial charge on any atom is 0.181 e. The van der Waals surface area contributed by atoms with Crippen LogP contribution >= 0.6 is 0 Å². The summed E-state index contributed by atoms with van der Waals surface area (Å²) in [6.45, 7) is 0. The zero-order valence-corrected chi connectivity index (χ0v) is 9.59. The Hall–Kier alpha value is -0.520. The van der Waals surface area contributed by atoms with Crippen molar-refractivity contribution >= 4 is 0 Å². The summed E-state index contributed by atoms with van der Waals surface area (Å²) in [6.07, 6.45) is 7.27. The summed E-state index contributed by atoms with van der Waals surface area (Å²) < 4.78 is 0.821. The molecule has 0 aromatic rings. The largest absolute Gasteiger partial charge is 1.00 e. The number of nitrogens with zero attached hydrogens (tertiary/aromatic N) is 2. The molecule has 0 bridgehead atoms. The first-order valence-electron chi connectivity index (χ1n) is 5.10. The third-order valence-corrected chi connectivity index (χ3v) is 3.63. The normalized spacial score (nSPS) is 33.6. The molecule has 3 heteroatoms. The molecular formula is C11H17ClN2. The summed E-state index contributed by atoms with van der Waals surface area (Å²) in [7, 11) is 4.34. The van der Waals surface area contributed by atoms with Crippen LogP contribution in [0.3, 0.4) is 0 Å². The molecule has 1 aliphatic carbocycles. The molecule has 2 unspecified atom stereocenters. The number of allylic oxidation sites excluding steroid dienone is 2. The van der Waals surface area contributed by atoms with Gasteiger partial charge in [-0.05, 0) is 25.3 Å². The minimum atomic E-state index is 0. The molecule has 0 amide bonds. The fourth-order valence-corrected chi connectivity index (χ4v) is 2.78. The standard InChI is InChI=1S/C11H17N2.ClH/c1-13(2)10(8-12)7-9-5-3-4-6-11(9)13;/h6,9-10H,3-5,7H2,1-2H3;1H/q+1;/p-1. The zero-order valence-electron chi connectivity index (χ0n) is 8.83. The number of quaternary nitrogens is 1. The average molecular weight is 213 g/mol. The maximum atomic E-state index is 9.06. The summed E-state index contributed by atoms with van der Waals surface area (Å²) in [5, 5.41) is 9.06. The second-order valence-electron chi connectivity index (χ2n) is 4.68. The molecule has 0 aromatic carbocycles. The van der Waals surface area contributed by atoms with E-state index in [2.05, 4.69) is 26.2 Å². The van der Waals surface area contributed by atoms with E-state index in [1.165, 1.54) is 25.0 Å². The molecule has 1 fully saturated rings. The molecule has 2 nitrogen and oxygen atoms in total. The van der Waals surface area contributed by atoms with Crippen molar-refractivity contribution in [2.75, 3.05) is 14.1 Å². The van der Waals surface area contributed by atoms with Gasteiger partial charge in [0.05, 0.1) is 14.1 Å². The number of hydrogen-bond donors (Lipinski definition) is 0. The highest BCUT2D eigenvalue weighted by Crippen LogP contribution is 2.42. The fourth-order valence-electron chi connectivity index (χ4n) is 2.78. The van der Waals surface area contributed by atoms with Crippen molar-refractivity contribution in [3.8, 4) is 6.07 Å². The smallest absolute Gasteiger partial charge is 0.181 e. The van der Waals surface area contributed by atoms with Crippen LogP contribution in [0.5, 0.6) is 0 Å². The number of rotatable bonds is 0. The Morgan fingerprint density at radius 3 is 2.79 bits per heavy atom. The minimum absolute atomic E-state index is 0. The second kappa shape index (κ2) is 3.92. The molecule has 78 valence electrons. The highest BCUT2D eigenvalue weighted by Gasteiger charge is 2.46. The number of hydrogen-bond acceptors (Lipinski definition) is 1. The lowest BCUT2D eigenvalue weighted by atomic mass is 9.91. The Kier molecular flexibility index (Phi) is 3.24. The predicted octanol–water partition coefficient (Wildman–Crippen LogP) is -0.953. The van der Waals surface area contributed by atoms with E-state index >= 15 is 0 Å². The van der Waals surface area contributed by atoms with Gasteiger partial charge in [-0.15, -0.1) is 0 Å². The predicted molar refractivity (Wildman–Crippen MR) is 51.6 cm³/mol. The van der Waals surface area contributed by atoms with Gasteiger partial charge in [0.25, 0.3) is 0 Å². The lowest BCUT2D eigenvalue weighted by Crippen LogP contribution is -3.00. The Labute approximate surface area is 92.2 Å². The van der Waals surface area contributed by atoms with Gasteiger partial charge in [-0.3, -0.25) is 4.48 Å². The Morgan fingerprint density at radius 2 is 2.21 bits per heavy atom. The summed E-state index contributed by atoms with van der Waals surface area (Å²) in [6, 6.07) is 2.63. The van der Waals surface area contributed by atoms with E-state index in [0.29, 0.717) is 5.92 Å². The van der Waals surface area contributed by atoms with Crippen LogP contribution < -0.4 is 12.4 Å². The monoisotopic (exact) mass is 212 g/mol. The SMILES string of the molecule is C[N+]1(C)C2=CCCCC2CC1C#N.[Cl-]. The van der Waals surface area contributed by atoms with E-state index in [1.54, 1.807) is 0 Å². The number of nitriles is 1. The highest BCUT2D eigenvalue weighted by molar-refractivity contribution is 5.11. The third-order valence-electron chi connectivity index (χ3n) is 3.63. The molecule has 14 heavy (non-hydrogen) atoms. The van der Waals surface area contributed by atoms with Crippen LogP contribution in [-0.4, -0.2) is 24.6 Å². The second-order valence-corrected chi connectivity index (χ2v) is 4.68. The number of halogens is 1. The van der Waals surface area contributed by atoms with Gasteiger partial charge in [0, 0.05) is 12.3 Å². The lowest BCUT2D eigenvalue weighted by molar-refractivity contribution is -0.860. The lowest BCUT2D eigenvalue weighted by Gasteiger charge is -2.30. The summed E-state index contributed by atoms with van der Waals surface area (Å²) in [4.78, 5) is 0. The Bertz CT molecular complexity index is 288. The molecular weight excluding hydrogens is 196 g/mol. The fraction of sp³-hybridized carbons (Fsp3) is 0.727. The molecule has 2 aliphatic rings. The number of fused-ring (bicyclic) bond motifs is 1. The van der Waals surface area contributed by atoms with Crippen molar-refractivity contribution < 1.29 is 16.9 Å². The van der Waals surface area contributed by atoms with E-state index < -0.39 is 0 Å². The summed E-state index contributed by atoms with van der Waals surface area (Å²) in [5.74, 6) is 0.702. The molecule has 2 atom stereocenters. The minimum Gasteiger partial charge on any atom is -1.00 e. The van der Waals surface area contributed by atoms with Crippen molar-refractivity contribution in [1.82, 2.24) is 0 Å². The van der Waals surface area contributed by atoms with Gasteiger partial charge < -0.3 is 12.4 Å². The van der Waals surface area contributed by atoms with Crippen molar-refractivity contribution in [1.29, 1.82) is 5.26 Å². The van der Waals surface area contributed by atoms with Crippen LogP contribution in [0.2, 0.25) is 0 Å². The van der Waals surface area contributed by atoms with E-state index in [9.17, 15) is 0 Å². The molecule has 0 aromatic heterocycles. The first-order valence-corrected chi connectivity index (χ1v) is 5.10. The van der Waals surface area contributed by atoms with Crippen molar-refractivity contribution in [3.63, 3.8) is 0 Å². The summed E-state index contributed by atoms with van der Waals surface area (Å²) >= 11 is 0. The molecule has 2 rings (SSSR count). The summed E-state index contributed by atoms with van der Waals surface area (Å²) in [5.41, 5.74) is 1.51. The first-order chi connectivity index (χ1) is 6.16. The van der Waals surface area contributed by atoms with Gasteiger partial charge in [0.1, 0.15) is 11.8 Å². The molecule has 0 radical (unpaired) electrons. The average Bonchev–Trinajstić information content (AvgIpc) is 2.39. The van der Waals surface area contributed by atoms with Crippen LogP contribution in [-0.2, 0) is 0 Å². The van der Waals surface area contributed by atoms with Crippen LogP contribution in [0.1, 0.15) is 25.7 Å².